The van der Waals surface area contributed by atoms with Crippen molar-refractivity contribution >= 4 is 165 Å². The van der Waals surface area contributed by atoms with Gasteiger partial charge in [-0.1, -0.05) is 144 Å². The predicted octanol–water partition coefficient (Wildman–Crippen LogP) is 22.7. The fraction of sp³-hybridized carbons (Fsp3) is 0.385. The van der Waals surface area contributed by atoms with Gasteiger partial charge >= 0.3 is 23.9 Å². The van der Waals surface area contributed by atoms with E-state index in [2.05, 4.69) is 145 Å². The first-order chi connectivity index (χ1) is 68.0. The molecule has 0 aliphatic carbocycles. The molecule has 8 aromatic carbocycles. The van der Waals surface area contributed by atoms with Crippen LogP contribution in [-0.2, 0) is 51.3 Å². The van der Waals surface area contributed by atoms with Crippen LogP contribution in [0.2, 0.25) is 0 Å². The summed E-state index contributed by atoms with van der Waals surface area (Å²) >= 11 is 5.17. The van der Waals surface area contributed by atoms with Gasteiger partial charge in [-0.15, -0.1) is 45.3 Å². The van der Waals surface area contributed by atoms with Crippen molar-refractivity contribution in [1.29, 1.82) is 0 Å². The number of hydrogen-bond donors (Lipinski definition) is 6. The van der Waals surface area contributed by atoms with E-state index in [1.807, 2.05) is 99.0 Å². The van der Waals surface area contributed by atoms with Crippen LogP contribution in [-0.4, -0.2) is 223 Å². The topological polar surface area (TPSA) is 413 Å². The van der Waals surface area contributed by atoms with E-state index in [4.69, 9.17) is 49.0 Å². The van der Waals surface area contributed by atoms with Gasteiger partial charge in [0.1, 0.15) is 97.4 Å². The highest BCUT2D eigenvalue weighted by Gasteiger charge is 2.32. The summed E-state index contributed by atoms with van der Waals surface area (Å²) < 4.78 is 49.7. The quantitative estimate of drug-likeness (QED) is 0.00678. The van der Waals surface area contributed by atoms with Crippen molar-refractivity contribution in [2.24, 2.45) is 10.2 Å². The third-order valence-electron chi connectivity index (χ3n) is 22.6. The smallest absolute Gasteiger partial charge is 0.341 e. The van der Waals surface area contributed by atoms with Crippen molar-refractivity contribution < 1.29 is 86.5 Å². The minimum atomic E-state index is -0.545. The molecular formula is C104H127N15O18S4. The average molecular weight is 2000 g/mol. The van der Waals surface area contributed by atoms with E-state index >= 15 is 0 Å². The number of likely N-dealkylation sites (N-methyl/N-ethyl adjacent to an activating group) is 4. The van der Waals surface area contributed by atoms with Crippen LogP contribution in [0.1, 0.15) is 163 Å². The highest BCUT2D eigenvalue weighted by molar-refractivity contribution is 7.25. The third-order valence-corrected chi connectivity index (χ3v) is 27.1. The molecule has 750 valence electrons. The van der Waals surface area contributed by atoms with Crippen LogP contribution in [0.5, 0.6) is 28.7 Å². The number of rotatable bonds is 45. The van der Waals surface area contributed by atoms with Crippen LogP contribution in [0.4, 0.5) is 31.4 Å². The third kappa shape index (κ3) is 29.6. The summed E-state index contributed by atoms with van der Waals surface area (Å²) in [5, 5.41) is 42.0. The van der Waals surface area contributed by atoms with E-state index in [1.165, 1.54) is 73.0 Å². The van der Waals surface area contributed by atoms with Crippen LogP contribution in [0.3, 0.4) is 0 Å². The standard InChI is InChI=1S/C27H35N3O4S.C26H30N8O4S.C26H32N2O5S.C25H30N2O5S/c1-7-30(8-2)16-17-34-24-21(19-10-12-20(13-11-19)29(5)6)14-15-22-23(27(32)33-9-3)26(28-18(4)31)35-25(22)24;1-5-34(6-2)10-11-38-23-20(18-12-17(15-29-32-27)13-19(14-18)31-33-28)8-9-21-22(26(36)37-7-3)25(30-16(4)35)39-24(21)23;1-5-28(6-2)14-15-33-23-20(19-10-8-18(16-29)9-11-19)12-13-21-22(26(31)32-7-3)25(27-17(4)30)34-24(21)23;1-5-27(6-2)14-15-32-22-19(17-8-10-18(29)11-9-17)12-13-20-21(25(30)31-7-3)24(26-16(4)28)33-23(20)22/h10-15H,7-9,16-17H2,1-6H3,(H,28,31);8-9,12-14H,5-7,10-11,15H2,1-4H3,(H,30,35);8-13,29H,5-7,14-16H2,1-4H3,(H,27,30);8-13,29H,5-7,14-15H2,1-4H3,(H,26,28). The number of ether oxygens (including phenoxy) is 8. The van der Waals surface area contributed by atoms with Crippen molar-refractivity contribution in [2.45, 2.75) is 124 Å². The molecule has 0 atom stereocenters. The molecule has 0 fully saturated rings. The van der Waals surface area contributed by atoms with E-state index < -0.39 is 23.9 Å². The number of nitrogens with zero attached hydrogens (tertiary/aromatic N) is 11. The SMILES string of the molecule is CCOC(=O)c1c(NC(C)=O)sc2c(OCCN(CC)CC)c(-c3cc(CN=[N+]=[N-])cc(N=[N+]=[N-])c3)ccc12.CCOC(=O)c1c(NC(C)=O)sc2c(OCCN(CC)CC)c(-c3ccc(CO)cc3)ccc12.CCOC(=O)c1c(NC(C)=O)sc2c(OCCN(CC)CC)c(-c3ccc(N(C)C)cc3)ccc12.CCOC(=O)c1c(NC(C)=O)sc2c(OCCN(CC)CC)c(-c3ccc(O)cc3)ccc12. The fourth-order valence-corrected chi connectivity index (χ4v) is 20.4. The number of phenols is 1. The first kappa shape index (κ1) is 111. The van der Waals surface area contributed by atoms with Gasteiger partial charge < -0.3 is 93.9 Å². The van der Waals surface area contributed by atoms with Gasteiger partial charge in [0.2, 0.25) is 23.6 Å². The zero-order valence-electron chi connectivity index (χ0n) is 83.3. The summed E-state index contributed by atoms with van der Waals surface area (Å²) in [5.74, 6) is -0.369. The molecule has 0 saturated heterocycles. The average Bonchev–Trinajstić information content (AvgIpc) is 1.63. The minimum absolute atomic E-state index is 0.0273. The zero-order valence-corrected chi connectivity index (χ0v) is 86.6. The van der Waals surface area contributed by atoms with Gasteiger partial charge in [0.05, 0.1) is 58.4 Å². The number of amides is 4. The molecule has 6 N–H and O–H groups in total. The number of azide groups is 2. The molecule has 37 heteroatoms. The number of carbonyl (C=O) groups excluding carboxylic acids is 8. The Morgan fingerprint density at radius 3 is 0.901 bits per heavy atom. The Morgan fingerprint density at radius 1 is 0.362 bits per heavy atom. The molecule has 4 aromatic heterocycles. The summed E-state index contributed by atoms with van der Waals surface area (Å²) in [6.45, 7) is 42.5. The Bertz CT molecular complexity index is 6410. The molecular weight excluding hydrogens is 1880 g/mol. The molecule has 33 nitrogen and oxygen atoms in total. The van der Waals surface area contributed by atoms with Crippen molar-refractivity contribution in [3.05, 3.63) is 194 Å². The summed E-state index contributed by atoms with van der Waals surface area (Å²) in [7, 11) is 4.02. The number of fused-ring (bicyclic) bond motifs is 4. The molecule has 4 amide bonds. The van der Waals surface area contributed by atoms with Crippen molar-refractivity contribution in [3.8, 4) is 73.3 Å². The number of phenolic OH excluding ortho intramolecular Hbond substituents is 1. The Morgan fingerprint density at radius 2 is 0.645 bits per heavy atom. The van der Waals surface area contributed by atoms with E-state index in [9.17, 15) is 48.6 Å². The molecule has 0 aliphatic heterocycles. The van der Waals surface area contributed by atoms with Gasteiger partial charge in [-0.05, 0) is 185 Å². The number of hydrogen-bond acceptors (Lipinski definition) is 29. The van der Waals surface area contributed by atoms with Crippen LogP contribution in [0.25, 0.3) is 106 Å². The highest BCUT2D eigenvalue weighted by atomic mass is 32.1. The second kappa shape index (κ2) is 55.5. The highest BCUT2D eigenvalue weighted by Crippen LogP contribution is 2.52. The number of thiophene rings is 4. The van der Waals surface area contributed by atoms with E-state index in [-0.39, 0.29) is 74.5 Å². The molecule has 12 aromatic rings. The summed E-state index contributed by atoms with van der Waals surface area (Å²) in [5.41, 5.74) is 28.9. The van der Waals surface area contributed by atoms with Crippen LogP contribution in [0, 0.1) is 0 Å². The number of esters is 4. The van der Waals surface area contributed by atoms with Gasteiger partial charge in [-0.25, -0.2) is 19.2 Å². The first-order valence-electron chi connectivity index (χ1n) is 47.0. The van der Waals surface area contributed by atoms with E-state index in [1.54, 1.807) is 58.0 Å². The Labute approximate surface area is 838 Å². The lowest BCUT2D eigenvalue weighted by Crippen LogP contribution is -2.28. The summed E-state index contributed by atoms with van der Waals surface area (Å²) in [6, 6.07) is 43.0. The number of aliphatic hydroxyl groups is 1. The van der Waals surface area contributed by atoms with Crippen LogP contribution >= 0.6 is 45.3 Å². The molecule has 0 bridgehead atoms. The van der Waals surface area contributed by atoms with Crippen molar-refractivity contribution in [3.63, 3.8) is 0 Å². The zero-order chi connectivity index (χ0) is 103. The lowest BCUT2D eigenvalue weighted by atomic mass is 9.99. The van der Waals surface area contributed by atoms with E-state index in [0.29, 0.717) is 141 Å². The van der Waals surface area contributed by atoms with Crippen LogP contribution < -0.4 is 45.1 Å². The molecule has 0 aliphatic rings. The number of anilines is 5. The van der Waals surface area contributed by atoms with Gasteiger partial charge in [-0.2, -0.15) is 0 Å². The molecule has 4 heterocycles. The Kier molecular flexibility index (Phi) is 43.8. The lowest BCUT2D eigenvalue weighted by molar-refractivity contribution is -0.115. The minimum Gasteiger partial charge on any atom is -0.508 e. The van der Waals surface area contributed by atoms with Gasteiger partial charge in [0.15, 0.2) is 0 Å². The van der Waals surface area contributed by atoms with Crippen LogP contribution in [0.15, 0.2) is 150 Å². The van der Waals surface area contributed by atoms with Crippen molar-refractivity contribution in [1.82, 2.24) is 19.6 Å². The molecule has 0 radical (unpaired) electrons. The number of nitrogens with one attached hydrogen (secondary N) is 4. The van der Waals surface area contributed by atoms with E-state index in [0.717, 1.165) is 131 Å². The molecule has 12 rings (SSSR count). The molecule has 0 spiro atoms. The van der Waals surface area contributed by atoms with Gasteiger partial charge in [0, 0.05) is 133 Å². The maximum Gasteiger partial charge on any atom is 0.341 e. The van der Waals surface area contributed by atoms with Crippen molar-refractivity contribution in [2.75, 3.05) is 172 Å². The summed E-state index contributed by atoms with van der Waals surface area (Å²) in [4.78, 5) is 116. The maximum atomic E-state index is 12.9. The van der Waals surface area contributed by atoms with Gasteiger partial charge in [0.25, 0.3) is 0 Å². The number of benzene rings is 8. The Balaban J connectivity index is 0.000000210. The molecule has 0 saturated carbocycles. The molecule has 141 heavy (non-hydrogen) atoms. The summed E-state index contributed by atoms with van der Waals surface area (Å²) in [6.07, 6.45) is 0. The molecule has 0 unspecified atom stereocenters. The second-order valence-electron chi connectivity index (χ2n) is 31.9. The first-order valence-corrected chi connectivity index (χ1v) is 50.3. The second-order valence-corrected chi connectivity index (χ2v) is 36.0. The number of carbonyl (C=O) groups is 8. The normalized spacial score (nSPS) is 10.9. The van der Waals surface area contributed by atoms with Gasteiger partial charge in [-0.3, -0.25) is 19.2 Å². The maximum absolute atomic E-state index is 12.9. The number of aromatic hydroxyl groups is 1. The monoisotopic (exact) mass is 2000 g/mol. The fourth-order valence-electron chi connectivity index (χ4n) is 15.4. The predicted molar refractivity (Wildman–Crippen MR) is 567 cm³/mol. The number of aliphatic hydroxyl groups excluding tert-OH is 1. The Hall–Kier alpha value is -13.4. The largest absolute Gasteiger partial charge is 0.508 e. The lowest BCUT2D eigenvalue weighted by Gasteiger charge is -2.20.